The van der Waals surface area contributed by atoms with E-state index < -0.39 is 28.5 Å². The summed E-state index contributed by atoms with van der Waals surface area (Å²) in [5.41, 5.74) is 0.973. The molecule has 1 N–H and O–H groups in total. The molecular formula is C24H30ClN3O6S. The number of sulfonamides is 1. The Morgan fingerprint density at radius 1 is 1.14 bits per heavy atom. The summed E-state index contributed by atoms with van der Waals surface area (Å²) < 4.78 is 37.0. The number of carbonyl (C=O) groups is 2. The Morgan fingerprint density at radius 3 is 2.57 bits per heavy atom. The smallest absolute Gasteiger partial charge is 0.244 e. The van der Waals surface area contributed by atoms with Gasteiger partial charge in [0.2, 0.25) is 28.6 Å². The lowest BCUT2D eigenvalue weighted by atomic mass is 10.1. The number of ether oxygens (including phenoxy) is 2. The molecule has 2 aromatic rings. The number of hydrogen-bond donors (Lipinski definition) is 1. The quantitative estimate of drug-likeness (QED) is 0.454. The Labute approximate surface area is 211 Å². The molecule has 1 atom stereocenters. The van der Waals surface area contributed by atoms with E-state index in [1.807, 2.05) is 6.92 Å². The van der Waals surface area contributed by atoms with Crippen LogP contribution in [-0.4, -0.2) is 57.3 Å². The molecule has 2 amide bonds. The van der Waals surface area contributed by atoms with Crippen LogP contribution in [0.1, 0.15) is 32.3 Å². The lowest BCUT2D eigenvalue weighted by Gasteiger charge is -2.31. The molecule has 0 spiro atoms. The first-order valence-corrected chi connectivity index (χ1v) is 13.5. The lowest BCUT2D eigenvalue weighted by Crippen LogP contribution is -2.51. The zero-order valence-corrected chi connectivity index (χ0v) is 21.6. The van der Waals surface area contributed by atoms with E-state index in [1.165, 1.54) is 11.0 Å². The Balaban J connectivity index is 1.88. The van der Waals surface area contributed by atoms with Gasteiger partial charge < -0.3 is 19.7 Å². The van der Waals surface area contributed by atoms with E-state index >= 15 is 0 Å². The maximum Gasteiger partial charge on any atom is 0.244 e. The highest BCUT2D eigenvalue weighted by molar-refractivity contribution is 7.92. The molecule has 0 saturated heterocycles. The van der Waals surface area contributed by atoms with Gasteiger partial charge in [0.15, 0.2) is 11.5 Å². The molecule has 190 valence electrons. The fourth-order valence-electron chi connectivity index (χ4n) is 3.60. The van der Waals surface area contributed by atoms with E-state index in [0.717, 1.165) is 23.4 Å². The summed E-state index contributed by atoms with van der Waals surface area (Å²) >= 11 is 6.11. The first kappa shape index (κ1) is 26.6. The van der Waals surface area contributed by atoms with Crippen LogP contribution < -0.4 is 19.1 Å². The fourth-order valence-corrected chi connectivity index (χ4v) is 4.66. The van der Waals surface area contributed by atoms with Gasteiger partial charge in [-0.2, -0.15) is 0 Å². The number of nitrogens with zero attached hydrogens (tertiary/aromatic N) is 2. The van der Waals surface area contributed by atoms with Gasteiger partial charge >= 0.3 is 0 Å². The predicted molar refractivity (Wildman–Crippen MR) is 134 cm³/mol. The number of nitrogens with one attached hydrogen (secondary N) is 1. The number of hydrogen-bond acceptors (Lipinski definition) is 6. The SMILES string of the molecule is CCCCNC(=O)[C@H](C)N(Cc1cccc(Cl)c1)C(=O)CN(c1ccc2c(c1)OCO2)S(C)(=O)=O. The van der Waals surface area contributed by atoms with E-state index in [-0.39, 0.29) is 24.9 Å². The van der Waals surface area contributed by atoms with Crippen LogP contribution in [0.5, 0.6) is 11.5 Å². The molecule has 0 aromatic heterocycles. The highest BCUT2D eigenvalue weighted by atomic mass is 35.5. The van der Waals surface area contributed by atoms with Crippen molar-refractivity contribution in [3.8, 4) is 11.5 Å². The van der Waals surface area contributed by atoms with E-state index in [0.29, 0.717) is 28.6 Å². The lowest BCUT2D eigenvalue weighted by molar-refractivity contribution is -0.139. The van der Waals surface area contributed by atoms with Crippen LogP contribution in [0.25, 0.3) is 0 Å². The second kappa shape index (κ2) is 11.6. The van der Waals surface area contributed by atoms with Gasteiger partial charge in [-0.05, 0) is 43.2 Å². The van der Waals surface area contributed by atoms with Crippen LogP contribution in [0.15, 0.2) is 42.5 Å². The van der Waals surface area contributed by atoms with Crippen molar-refractivity contribution in [1.82, 2.24) is 10.2 Å². The van der Waals surface area contributed by atoms with Gasteiger partial charge in [-0.3, -0.25) is 13.9 Å². The van der Waals surface area contributed by atoms with E-state index in [1.54, 1.807) is 43.3 Å². The van der Waals surface area contributed by atoms with Crippen molar-refractivity contribution >= 4 is 39.1 Å². The minimum Gasteiger partial charge on any atom is -0.454 e. The van der Waals surface area contributed by atoms with Crippen LogP contribution in [0.2, 0.25) is 5.02 Å². The number of rotatable bonds is 11. The Hall–Kier alpha value is -2.98. The van der Waals surface area contributed by atoms with Crippen LogP contribution in [0.4, 0.5) is 5.69 Å². The van der Waals surface area contributed by atoms with Gasteiger partial charge in [0.1, 0.15) is 12.6 Å². The van der Waals surface area contributed by atoms with Crippen LogP contribution in [0.3, 0.4) is 0 Å². The van der Waals surface area contributed by atoms with Crippen molar-refractivity contribution in [2.24, 2.45) is 0 Å². The number of anilines is 1. The monoisotopic (exact) mass is 523 g/mol. The predicted octanol–water partition coefficient (Wildman–Crippen LogP) is 3.17. The number of halogens is 1. The Bertz CT molecular complexity index is 1170. The first-order valence-electron chi connectivity index (χ1n) is 11.3. The number of amides is 2. The van der Waals surface area contributed by atoms with Gasteiger partial charge in [-0.1, -0.05) is 37.1 Å². The average molecular weight is 524 g/mol. The third-order valence-electron chi connectivity index (χ3n) is 5.56. The Morgan fingerprint density at radius 2 is 1.89 bits per heavy atom. The summed E-state index contributed by atoms with van der Waals surface area (Å²) in [4.78, 5) is 27.7. The molecule has 0 unspecified atom stereocenters. The molecule has 35 heavy (non-hydrogen) atoms. The molecule has 0 bridgehead atoms. The number of carbonyl (C=O) groups excluding carboxylic acids is 2. The van der Waals surface area contributed by atoms with Crippen molar-refractivity contribution in [3.63, 3.8) is 0 Å². The molecule has 0 aliphatic carbocycles. The largest absolute Gasteiger partial charge is 0.454 e. The summed E-state index contributed by atoms with van der Waals surface area (Å²) in [6, 6.07) is 10.8. The van der Waals surface area contributed by atoms with Crippen molar-refractivity contribution in [3.05, 3.63) is 53.1 Å². The summed E-state index contributed by atoms with van der Waals surface area (Å²) in [7, 11) is -3.84. The number of fused-ring (bicyclic) bond motifs is 1. The normalized spacial score (nSPS) is 13.3. The van der Waals surface area contributed by atoms with Gasteiger partial charge in [0, 0.05) is 24.2 Å². The fraction of sp³-hybridized carbons (Fsp3) is 0.417. The topological polar surface area (TPSA) is 105 Å². The standard InChI is InChI=1S/C24H30ClN3O6S/c1-4-5-11-26-24(30)17(2)27(14-18-7-6-8-19(25)12-18)23(29)15-28(35(3,31)32)20-9-10-21-22(13-20)34-16-33-21/h6-10,12-13,17H,4-5,11,14-16H2,1-3H3,(H,26,30)/t17-/m0/s1. The summed E-state index contributed by atoms with van der Waals surface area (Å²) in [6.07, 6.45) is 2.75. The highest BCUT2D eigenvalue weighted by Crippen LogP contribution is 2.36. The zero-order valence-electron chi connectivity index (χ0n) is 20.0. The third-order valence-corrected chi connectivity index (χ3v) is 6.94. The zero-order chi connectivity index (χ0) is 25.6. The molecule has 11 heteroatoms. The number of unbranched alkanes of at least 4 members (excludes halogenated alkanes) is 1. The van der Waals surface area contributed by atoms with Crippen molar-refractivity contribution in [2.45, 2.75) is 39.3 Å². The van der Waals surface area contributed by atoms with Crippen LogP contribution in [-0.2, 0) is 26.2 Å². The van der Waals surface area contributed by atoms with Crippen molar-refractivity contribution in [1.29, 1.82) is 0 Å². The third kappa shape index (κ3) is 7.02. The minimum atomic E-state index is -3.84. The van der Waals surface area contributed by atoms with Gasteiger partial charge in [0.25, 0.3) is 0 Å². The first-order chi connectivity index (χ1) is 16.6. The molecular weight excluding hydrogens is 494 g/mol. The maximum absolute atomic E-state index is 13.5. The summed E-state index contributed by atoms with van der Waals surface area (Å²) in [6.45, 7) is 3.75. The minimum absolute atomic E-state index is 0.0364. The molecule has 0 radical (unpaired) electrons. The molecule has 2 aromatic carbocycles. The summed E-state index contributed by atoms with van der Waals surface area (Å²) in [5.74, 6) is 0.0329. The van der Waals surface area contributed by atoms with Crippen molar-refractivity contribution in [2.75, 3.05) is 30.4 Å². The molecule has 1 aliphatic heterocycles. The number of benzene rings is 2. The molecule has 9 nitrogen and oxygen atoms in total. The molecule has 3 rings (SSSR count). The molecule has 0 saturated carbocycles. The molecule has 1 heterocycles. The van der Waals surface area contributed by atoms with Gasteiger partial charge in [-0.15, -0.1) is 0 Å². The van der Waals surface area contributed by atoms with E-state index in [4.69, 9.17) is 21.1 Å². The van der Waals surface area contributed by atoms with Crippen molar-refractivity contribution < 1.29 is 27.5 Å². The Kier molecular flexibility index (Phi) is 8.85. The van der Waals surface area contributed by atoms with Gasteiger partial charge in [0.05, 0.1) is 11.9 Å². The second-order valence-electron chi connectivity index (χ2n) is 8.28. The second-order valence-corrected chi connectivity index (χ2v) is 10.6. The van der Waals surface area contributed by atoms with Crippen LogP contribution >= 0.6 is 11.6 Å². The van der Waals surface area contributed by atoms with Crippen LogP contribution in [0, 0.1) is 0 Å². The summed E-state index contributed by atoms with van der Waals surface area (Å²) in [5, 5.41) is 3.33. The maximum atomic E-state index is 13.5. The van der Waals surface area contributed by atoms with Gasteiger partial charge in [-0.25, -0.2) is 8.42 Å². The average Bonchev–Trinajstić information content (AvgIpc) is 3.27. The van der Waals surface area contributed by atoms with E-state index in [2.05, 4.69) is 5.32 Å². The highest BCUT2D eigenvalue weighted by Gasteiger charge is 2.30. The molecule has 1 aliphatic rings. The van der Waals surface area contributed by atoms with E-state index in [9.17, 15) is 18.0 Å². The molecule has 0 fully saturated rings.